The number of rotatable bonds is 6. The van der Waals surface area contributed by atoms with Gasteiger partial charge in [0.15, 0.2) is 0 Å². The molecular formula is C13H19NO3S. The van der Waals surface area contributed by atoms with Gasteiger partial charge in [0.2, 0.25) is 10.0 Å². The zero-order valence-corrected chi connectivity index (χ0v) is 11.2. The van der Waals surface area contributed by atoms with Gasteiger partial charge in [-0.3, -0.25) is 4.72 Å². The third kappa shape index (κ3) is 3.46. The van der Waals surface area contributed by atoms with Gasteiger partial charge < -0.3 is 5.11 Å². The molecule has 1 aliphatic rings. The molecule has 4 nitrogen and oxygen atoms in total. The van der Waals surface area contributed by atoms with Crippen molar-refractivity contribution in [2.24, 2.45) is 0 Å². The highest BCUT2D eigenvalue weighted by atomic mass is 32.2. The van der Waals surface area contributed by atoms with Gasteiger partial charge in [-0.15, -0.1) is 0 Å². The second-order valence-corrected chi connectivity index (χ2v) is 6.53. The van der Waals surface area contributed by atoms with Gasteiger partial charge >= 0.3 is 0 Å². The van der Waals surface area contributed by atoms with E-state index in [4.69, 9.17) is 5.11 Å². The number of aryl methyl sites for hydroxylation is 2. The maximum Gasteiger partial charge on any atom is 0.232 e. The number of aliphatic hydroxyl groups is 1. The van der Waals surface area contributed by atoms with E-state index in [0.29, 0.717) is 18.5 Å². The summed E-state index contributed by atoms with van der Waals surface area (Å²) in [5, 5.41) is 8.64. The van der Waals surface area contributed by atoms with E-state index in [1.54, 1.807) is 0 Å². The summed E-state index contributed by atoms with van der Waals surface area (Å²) in [5.41, 5.74) is 3.24. The molecule has 0 aromatic heterocycles. The number of hydrogen-bond donors (Lipinski definition) is 2. The molecule has 0 amide bonds. The van der Waals surface area contributed by atoms with E-state index < -0.39 is 10.0 Å². The van der Waals surface area contributed by atoms with Crippen LogP contribution in [0.2, 0.25) is 0 Å². The van der Waals surface area contributed by atoms with Gasteiger partial charge in [0, 0.05) is 12.3 Å². The van der Waals surface area contributed by atoms with Gasteiger partial charge in [0.05, 0.1) is 5.75 Å². The van der Waals surface area contributed by atoms with E-state index >= 15 is 0 Å². The van der Waals surface area contributed by atoms with Gasteiger partial charge in [-0.05, 0) is 55.4 Å². The monoisotopic (exact) mass is 269 g/mol. The first-order chi connectivity index (χ1) is 8.61. The van der Waals surface area contributed by atoms with Crippen LogP contribution in [0.1, 0.15) is 30.4 Å². The molecule has 1 aliphatic carbocycles. The van der Waals surface area contributed by atoms with E-state index in [1.807, 2.05) is 18.2 Å². The molecule has 0 radical (unpaired) electrons. The molecule has 0 heterocycles. The van der Waals surface area contributed by atoms with E-state index in [-0.39, 0.29) is 12.4 Å². The molecule has 0 saturated heterocycles. The molecule has 2 N–H and O–H groups in total. The van der Waals surface area contributed by atoms with Gasteiger partial charge in [0.1, 0.15) is 0 Å². The maximum atomic E-state index is 11.8. The summed E-state index contributed by atoms with van der Waals surface area (Å²) in [6.45, 7) is 0.0361. The Balaban J connectivity index is 2.00. The van der Waals surface area contributed by atoms with Crippen LogP contribution in [0.25, 0.3) is 0 Å². The van der Waals surface area contributed by atoms with Gasteiger partial charge in [-0.25, -0.2) is 8.42 Å². The molecule has 0 aliphatic heterocycles. The van der Waals surface area contributed by atoms with Crippen LogP contribution in [0.5, 0.6) is 0 Å². The topological polar surface area (TPSA) is 66.4 Å². The minimum Gasteiger partial charge on any atom is -0.396 e. The molecule has 0 fully saturated rings. The summed E-state index contributed by atoms with van der Waals surface area (Å²) in [6, 6.07) is 5.77. The molecule has 1 aromatic carbocycles. The zero-order valence-electron chi connectivity index (χ0n) is 10.4. The Morgan fingerprint density at radius 2 is 1.94 bits per heavy atom. The lowest BCUT2D eigenvalue weighted by molar-refractivity contribution is 0.287. The van der Waals surface area contributed by atoms with Gasteiger partial charge in [-0.2, -0.15) is 0 Å². The van der Waals surface area contributed by atoms with Crippen molar-refractivity contribution in [2.45, 2.75) is 32.1 Å². The fraction of sp³-hybridized carbons (Fsp3) is 0.538. The average molecular weight is 269 g/mol. The van der Waals surface area contributed by atoms with Crippen molar-refractivity contribution in [3.63, 3.8) is 0 Å². The highest BCUT2D eigenvalue weighted by Crippen LogP contribution is 2.25. The standard InChI is InChI=1S/C13H19NO3S/c15-8-1-2-9-18(16,17)14-13-7-6-11-4-3-5-12(11)10-13/h6-7,10,14-15H,1-5,8-9H2. The van der Waals surface area contributed by atoms with E-state index in [9.17, 15) is 8.42 Å². The van der Waals surface area contributed by atoms with Gasteiger partial charge in [-0.1, -0.05) is 6.07 Å². The zero-order chi connectivity index (χ0) is 13.0. The first-order valence-corrected chi connectivity index (χ1v) is 7.99. The lowest BCUT2D eigenvalue weighted by Crippen LogP contribution is -2.17. The Hall–Kier alpha value is -1.07. The van der Waals surface area contributed by atoms with Crippen LogP contribution >= 0.6 is 0 Å². The number of benzene rings is 1. The molecule has 0 bridgehead atoms. The minimum absolute atomic E-state index is 0.0361. The summed E-state index contributed by atoms with van der Waals surface area (Å²) in [5.74, 6) is 0.0602. The summed E-state index contributed by atoms with van der Waals surface area (Å²) in [4.78, 5) is 0. The molecule has 18 heavy (non-hydrogen) atoms. The SMILES string of the molecule is O=S(=O)(CCCCO)Nc1ccc2c(c1)CCC2. The van der Waals surface area contributed by atoms with Crippen LogP contribution in [0, 0.1) is 0 Å². The Morgan fingerprint density at radius 3 is 2.72 bits per heavy atom. The number of aliphatic hydroxyl groups excluding tert-OH is 1. The predicted molar refractivity (Wildman–Crippen MR) is 72.2 cm³/mol. The molecule has 100 valence electrons. The van der Waals surface area contributed by atoms with Crippen molar-refractivity contribution in [3.8, 4) is 0 Å². The average Bonchev–Trinajstić information content (AvgIpc) is 2.75. The summed E-state index contributed by atoms with van der Waals surface area (Å²) in [7, 11) is -3.29. The third-order valence-corrected chi connectivity index (χ3v) is 4.57. The van der Waals surface area contributed by atoms with Crippen LogP contribution < -0.4 is 4.72 Å². The van der Waals surface area contributed by atoms with Crippen molar-refractivity contribution in [2.75, 3.05) is 17.1 Å². The van der Waals surface area contributed by atoms with Crippen LogP contribution in [0.3, 0.4) is 0 Å². The Morgan fingerprint density at radius 1 is 1.17 bits per heavy atom. The van der Waals surface area contributed by atoms with Gasteiger partial charge in [0.25, 0.3) is 0 Å². The fourth-order valence-electron chi connectivity index (χ4n) is 2.27. The molecule has 2 rings (SSSR count). The Labute approximate surface area is 108 Å². The maximum absolute atomic E-state index is 11.8. The summed E-state index contributed by atoms with van der Waals surface area (Å²) < 4.78 is 26.2. The van der Waals surface area contributed by atoms with Crippen molar-refractivity contribution >= 4 is 15.7 Å². The summed E-state index contributed by atoms with van der Waals surface area (Å²) >= 11 is 0. The third-order valence-electron chi connectivity index (χ3n) is 3.19. The predicted octanol–water partition coefficient (Wildman–Crippen LogP) is 1.69. The largest absolute Gasteiger partial charge is 0.396 e. The quantitative estimate of drug-likeness (QED) is 0.772. The van der Waals surface area contributed by atoms with Crippen LogP contribution in [-0.4, -0.2) is 25.9 Å². The van der Waals surface area contributed by atoms with Crippen LogP contribution in [0.4, 0.5) is 5.69 Å². The van der Waals surface area contributed by atoms with Crippen LogP contribution in [-0.2, 0) is 22.9 Å². The molecule has 0 spiro atoms. The highest BCUT2D eigenvalue weighted by Gasteiger charge is 2.14. The normalized spacial score (nSPS) is 14.5. The second-order valence-electron chi connectivity index (χ2n) is 4.69. The number of hydrogen-bond acceptors (Lipinski definition) is 3. The molecule has 0 atom stereocenters. The van der Waals surface area contributed by atoms with E-state index in [1.165, 1.54) is 11.1 Å². The Bertz CT molecular complexity index is 511. The number of fused-ring (bicyclic) bond motifs is 1. The fourth-order valence-corrected chi connectivity index (χ4v) is 3.44. The minimum atomic E-state index is -3.29. The Kier molecular flexibility index (Phi) is 4.24. The number of anilines is 1. The molecule has 0 saturated carbocycles. The van der Waals surface area contributed by atoms with E-state index in [0.717, 1.165) is 19.3 Å². The van der Waals surface area contributed by atoms with Crippen molar-refractivity contribution in [1.82, 2.24) is 0 Å². The first kappa shape index (κ1) is 13.4. The molecule has 5 heteroatoms. The number of unbranched alkanes of at least 4 members (excludes halogenated alkanes) is 1. The lowest BCUT2D eigenvalue weighted by atomic mass is 10.1. The van der Waals surface area contributed by atoms with Crippen molar-refractivity contribution in [1.29, 1.82) is 0 Å². The molecule has 0 unspecified atom stereocenters. The highest BCUT2D eigenvalue weighted by molar-refractivity contribution is 7.92. The van der Waals surface area contributed by atoms with E-state index in [2.05, 4.69) is 4.72 Å². The first-order valence-electron chi connectivity index (χ1n) is 6.34. The number of sulfonamides is 1. The number of nitrogens with one attached hydrogen (secondary N) is 1. The summed E-state index contributed by atoms with van der Waals surface area (Å²) in [6.07, 6.45) is 4.29. The van der Waals surface area contributed by atoms with Crippen molar-refractivity contribution in [3.05, 3.63) is 29.3 Å². The molecule has 1 aromatic rings. The van der Waals surface area contributed by atoms with Crippen LogP contribution in [0.15, 0.2) is 18.2 Å². The van der Waals surface area contributed by atoms with Crippen molar-refractivity contribution < 1.29 is 13.5 Å². The second kappa shape index (κ2) is 5.71. The lowest BCUT2D eigenvalue weighted by Gasteiger charge is -2.09. The smallest absolute Gasteiger partial charge is 0.232 e. The molecular weight excluding hydrogens is 250 g/mol.